The predicted octanol–water partition coefficient (Wildman–Crippen LogP) is 2.44. The Kier molecular flexibility index (Phi) is 4.52. The van der Waals surface area contributed by atoms with Gasteiger partial charge in [-0.15, -0.1) is 0 Å². The molecule has 0 spiro atoms. The van der Waals surface area contributed by atoms with E-state index in [9.17, 15) is 4.79 Å². The number of carbonyl (C=O) groups is 1. The Bertz CT molecular complexity index is 430. The van der Waals surface area contributed by atoms with E-state index in [1.165, 1.54) is 13.3 Å². The standard InChI is InChI=1S/C12H13ClNO3/c1-12(2,11(15)16-3)17-14-8-9-6-4-5-7-10(9)13/h5-8H,1-3H3/b14-8+. The summed E-state index contributed by atoms with van der Waals surface area (Å²) < 4.78 is 4.57. The zero-order chi connectivity index (χ0) is 12.9. The van der Waals surface area contributed by atoms with E-state index in [0.717, 1.165) is 0 Å². The highest BCUT2D eigenvalue weighted by Crippen LogP contribution is 2.14. The average Bonchev–Trinajstić information content (AvgIpc) is 2.30. The van der Waals surface area contributed by atoms with Crippen LogP contribution in [0.25, 0.3) is 0 Å². The van der Waals surface area contributed by atoms with E-state index in [1.807, 2.05) is 0 Å². The van der Waals surface area contributed by atoms with E-state index >= 15 is 0 Å². The zero-order valence-corrected chi connectivity index (χ0v) is 10.6. The summed E-state index contributed by atoms with van der Waals surface area (Å²) in [5.74, 6) is -0.500. The van der Waals surface area contributed by atoms with Gasteiger partial charge in [0.25, 0.3) is 0 Å². The smallest absolute Gasteiger partial charge is 0.352 e. The Morgan fingerprint density at radius 1 is 1.59 bits per heavy atom. The van der Waals surface area contributed by atoms with E-state index in [1.54, 1.807) is 32.0 Å². The van der Waals surface area contributed by atoms with Crippen molar-refractivity contribution in [3.8, 4) is 0 Å². The van der Waals surface area contributed by atoms with Crippen LogP contribution in [0.2, 0.25) is 5.02 Å². The van der Waals surface area contributed by atoms with Crippen LogP contribution < -0.4 is 0 Å². The monoisotopic (exact) mass is 254 g/mol. The van der Waals surface area contributed by atoms with Gasteiger partial charge in [0.15, 0.2) is 0 Å². The molecule has 0 unspecified atom stereocenters. The van der Waals surface area contributed by atoms with Gasteiger partial charge in [-0.05, 0) is 32.0 Å². The van der Waals surface area contributed by atoms with Crippen LogP contribution in [0, 0.1) is 6.07 Å². The molecule has 0 bridgehead atoms. The lowest BCUT2D eigenvalue weighted by molar-refractivity contribution is -0.164. The Hall–Kier alpha value is -1.55. The van der Waals surface area contributed by atoms with Crippen molar-refractivity contribution in [2.75, 3.05) is 7.11 Å². The Balaban J connectivity index is 2.68. The van der Waals surface area contributed by atoms with Crippen LogP contribution in [0.1, 0.15) is 19.4 Å². The average molecular weight is 255 g/mol. The number of hydrogen-bond acceptors (Lipinski definition) is 4. The first kappa shape index (κ1) is 13.5. The molecule has 91 valence electrons. The summed E-state index contributed by atoms with van der Waals surface area (Å²) in [6.45, 7) is 3.13. The molecule has 0 aliphatic heterocycles. The number of esters is 1. The third kappa shape index (κ3) is 3.75. The highest BCUT2D eigenvalue weighted by atomic mass is 35.5. The van der Waals surface area contributed by atoms with E-state index in [0.29, 0.717) is 10.6 Å². The second-order valence-electron chi connectivity index (χ2n) is 3.78. The third-order valence-electron chi connectivity index (χ3n) is 1.99. The molecule has 0 heterocycles. The number of oxime groups is 1. The van der Waals surface area contributed by atoms with Crippen molar-refractivity contribution in [2.45, 2.75) is 19.4 Å². The van der Waals surface area contributed by atoms with Crippen molar-refractivity contribution >= 4 is 23.8 Å². The number of benzene rings is 1. The van der Waals surface area contributed by atoms with Crippen molar-refractivity contribution in [1.29, 1.82) is 0 Å². The molecule has 0 aliphatic rings. The summed E-state index contributed by atoms with van der Waals surface area (Å²) in [6.07, 6.45) is 1.42. The van der Waals surface area contributed by atoms with E-state index in [-0.39, 0.29) is 0 Å². The summed E-state index contributed by atoms with van der Waals surface area (Å²) in [7, 11) is 1.29. The SMILES string of the molecule is COC(=O)C(C)(C)O/N=C/c1c[c]ccc1Cl. The molecule has 0 aliphatic carbocycles. The van der Waals surface area contributed by atoms with Crippen LogP contribution in [0.5, 0.6) is 0 Å². The summed E-state index contributed by atoms with van der Waals surface area (Å²) >= 11 is 5.91. The second kappa shape index (κ2) is 5.68. The van der Waals surface area contributed by atoms with Gasteiger partial charge in [-0.25, -0.2) is 4.79 Å². The summed E-state index contributed by atoms with van der Waals surface area (Å²) in [5, 5.41) is 4.25. The van der Waals surface area contributed by atoms with Crippen LogP contribution in [0.3, 0.4) is 0 Å². The molecular formula is C12H13ClNO3. The van der Waals surface area contributed by atoms with Gasteiger partial charge in [0.05, 0.1) is 13.3 Å². The molecule has 0 amide bonds. The van der Waals surface area contributed by atoms with Crippen LogP contribution in [-0.2, 0) is 14.4 Å². The van der Waals surface area contributed by atoms with Gasteiger partial charge in [0.1, 0.15) is 0 Å². The molecule has 0 atom stereocenters. The Labute approximate surface area is 105 Å². The maximum absolute atomic E-state index is 11.3. The summed E-state index contributed by atoms with van der Waals surface area (Å²) in [5.41, 5.74) is -0.467. The second-order valence-corrected chi connectivity index (χ2v) is 4.18. The molecule has 0 saturated heterocycles. The normalized spacial score (nSPS) is 11.5. The van der Waals surface area contributed by atoms with Crippen LogP contribution in [0.4, 0.5) is 0 Å². The first-order valence-electron chi connectivity index (χ1n) is 4.93. The van der Waals surface area contributed by atoms with Gasteiger partial charge in [0.2, 0.25) is 5.60 Å². The minimum atomic E-state index is -1.13. The molecule has 1 aromatic rings. The minimum Gasteiger partial charge on any atom is -0.466 e. The van der Waals surface area contributed by atoms with Crippen LogP contribution in [0.15, 0.2) is 23.4 Å². The van der Waals surface area contributed by atoms with E-state index in [2.05, 4.69) is 16.0 Å². The molecule has 4 nitrogen and oxygen atoms in total. The maximum Gasteiger partial charge on any atom is 0.352 e. The first-order valence-corrected chi connectivity index (χ1v) is 5.31. The lowest BCUT2D eigenvalue weighted by Gasteiger charge is -2.18. The molecule has 17 heavy (non-hydrogen) atoms. The molecule has 1 rings (SSSR count). The van der Waals surface area contributed by atoms with Crippen molar-refractivity contribution in [3.63, 3.8) is 0 Å². The quantitative estimate of drug-likeness (QED) is 0.471. The number of carbonyl (C=O) groups excluding carboxylic acids is 1. The molecule has 1 radical (unpaired) electrons. The fourth-order valence-electron chi connectivity index (χ4n) is 1.02. The summed E-state index contributed by atoms with van der Waals surface area (Å²) in [4.78, 5) is 16.4. The molecule has 5 heteroatoms. The molecule has 0 N–H and O–H groups in total. The van der Waals surface area contributed by atoms with E-state index < -0.39 is 11.6 Å². The third-order valence-corrected chi connectivity index (χ3v) is 2.33. The van der Waals surface area contributed by atoms with Gasteiger partial charge in [0, 0.05) is 10.6 Å². The van der Waals surface area contributed by atoms with Crippen molar-refractivity contribution in [2.24, 2.45) is 5.16 Å². The topological polar surface area (TPSA) is 47.9 Å². The number of ether oxygens (including phenoxy) is 1. The predicted molar refractivity (Wildman–Crippen MR) is 65.1 cm³/mol. The Morgan fingerprint density at radius 2 is 2.29 bits per heavy atom. The lowest BCUT2D eigenvalue weighted by Crippen LogP contribution is -2.34. The molecule has 0 fully saturated rings. The fourth-order valence-corrected chi connectivity index (χ4v) is 1.19. The van der Waals surface area contributed by atoms with Gasteiger partial charge in [-0.1, -0.05) is 22.8 Å². The van der Waals surface area contributed by atoms with E-state index in [4.69, 9.17) is 16.4 Å². The number of nitrogens with zero attached hydrogens (tertiary/aromatic N) is 1. The summed E-state index contributed by atoms with van der Waals surface area (Å²) in [6, 6.07) is 7.91. The highest BCUT2D eigenvalue weighted by Gasteiger charge is 2.31. The van der Waals surface area contributed by atoms with Gasteiger partial charge >= 0.3 is 5.97 Å². The number of rotatable bonds is 4. The zero-order valence-electron chi connectivity index (χ0n) is 9.86. The molecule has 1 aromatic carbocycles. The minimum absolute atomic E-state index is 0.500. The molecule has 0 saturated carbocycles. The van der Waals surface area contributed by atoms with Gasteiger partial charge in [-0.2, -0.15) is 0 Å². The highest BCUT2D eigenvalue weighted by molar-refractivity contribution is 6.33. The van der Waals surface area contributed by atoms with Gasteiger partial charge < -0.3 is 9.57 Å². The number of methoxy groups -OCH3 is 1. The Morgan fingerprint density at radius 3 is 2.88 bits per heavy atom. The van der Waals surface area contributed by atoms with Crippen molar-refractivity contribution in [1.82, 2.24) is 0 Å². The molecular weight excluding hydrogens is 242 g/mol. The van der Waals surface area contributed by atoms with Gasteiger partial charge in [-0.3, -0.25) is 0 Å². The fraction of sp³-hybridized carbons (Fsp3) is 0.333. The number of hydrogen-bond donors (Lipinski definition) is 0. The van der Waals surface area contributed by atoms with Crippen LogP contribution >= 0.6 is 11.6 Å². The van der Waals surface area contributed by atoms with Crippen LogP contribution in [-0.4, -0.2) is 24.9 Å². The van der Waals surface area contributed by atoms with Crippen molar-refractivity contribution in [3.05, 3.63) is 34.9 Å². The first-order chi connectivity index (χ1) is 7.97. The largest absolute Gasteiger partial charge is 0.466 e. The van der Waals surface area contributed by atoms with Crippen molar-refractivity contribution < 1.29 is 14.4 Å². The molecule has 0 aromatic heterocycles. The maximum atomic E-state index is 11.3. The number of halogens is 1. The lowest BCUT2D eigenvalue weighted by atomic mass is 10.1.